The third-order valence-corrected chi connectivity index (χ3v) is 5.75. The summed E-state index contributed by atoms with van der Waals surface area (Å²) in [6.45, 7) is 3.46. The fourth-order valence-electron chi connectivity index (χ4n) is 3.97. The van der Waals surface area contributed by atoms with Gasteiger partial charge in [0.1, 0.15) is 5.75 Å². The van der Waals surface area contributed by atoms with Gasteiger partial charge in [-0.05, 0) is 56.4 Å². The molecule has 1 saturated heterocycles. The Hall–Kier alpha value is -2.86. The predicted molar refractivity (Wildman–Crippen MR) is 114 cm³/mol. The number of carbonyl (C=O) groups excluding carboxylic acids is 1. The molecule has 0 aliphatic carbocycles. The largest absolute Gasteiger partial charge is 0.494 e. The van der Waals surface area contributed by atoms with Crippen LogP contribution in [0.15, 0.2) is 54.6 Å². The lowest BCUT2D eigenvalue weighted by atomic mass is 9.75. The third-order valence-electron chi connectivity index (χ3n) is 5.75. The standard InChI is InChI=1S/C24H29NO5/c1-18(20-10-5-6-11-21(20)22(26)27)25-23(28)24(13-16-29-17-14-24)12-7-15-30-19-8-3-2-4-9-19/h2-6,8-11,18H,7,12-17H2,1H3,(H,25,28)(H,26,27)/t18-/m0/s1. The van der Waals surface area contributed by atoms with Gasteiger partial charge in [0, 0.05) is 13.2 Å². The quantitative estimate of drug-likeness (QED) is 0.604. The maximum atomic E-state index is 13.3. The summed E-state index contributed by atoms with van der Waals surface area (Å²) in [5, 5.41) is 12.5. The Balaban J connectivity index is 1.64. The zero-order valence-electron chi connectivity index (χ0n) is 17.3. The predicted octanol–water partition coefficient (Wildman–Crippen LogP) is 4.22. The van der Waals surface area contributed by atoms with Crippen molar-refractivity contribution in [1.82, 2.24) is 5.32 Å². The van der Waals surface area contributed by atoms with Crippen molar-refractivity contribution < 1.29 is 24.2 Å². The molecule has 30 heavy (non-hydrogen) atoms. The van der Waals surface area contributed by atoms with Crippen LogP contribution in [0.5, 0.6) is 5.75 Å². The van der Waals surface area contributed by atoms with Crippen LogP contribution in [0, 0.1) is 5.41 Å². The van der Waals surface area contributed by atoms with Gasteiger partial charge in [-0.15, -0.1) is 0 Å². The highest BCUT2D eigenvalue weighted by molar-refractivity contribution is 5.90. The highest BCUT2D eigenvalue weighted by Gasteiger charge is 2.40. The van der Waals surface area contributed by atoms with Crippen LogP contribution in [0.4, 0.5) is 0 Å². The maximum Gasteiger partial charge on any atom is 0.336 e. The van der Waals surface area contributed by atoms with Gasteiger partial charge in [-0.3, -0.25) is 4.79 Å². The highest BCUT2D eigenvalue weighted by Crippen LogP contribution is 2.36. The molecule has 0 radical (unpaired) electrons. The summed E-state index contributed by atoms with van der Waals surface area (Å²) in [6, 6.07) is 16.0. The number of carboxylic acids is 1. The Labute approximate surface area is 177 Å². The fraction of sp³-hybridized carbons (Fsp3) is 0.417. The molecule has 0 unspecified atom stereocenters. The molecule has 2 aromatic carbocycles. The van der Waals surface area contributed by atoms with E-state index in [0.29, 0.717) is 44.6 Å². The first-order valence-corrected chi connectivity index (χ1v) is 10.4. The number of nitrogens with one attached hydrogen (secondary N) is 1. The number of rotatable bonds is 9. The minimum atomic E-state index is -0.995. The van der Waals surface area contributed by atoms with E-state index in [1.165, 1.54) is 0 Å². The number of carbonyl (C=O) groups is 2. The summed E-state index contributed by atoms with van der Waals surface area (Å²) in [7, 11) is 0. The molecule has 160 valence electrons. The van der Waals surface area contributed by atoms with Crippen molar-refractivity contribution in [2.75, 3.05) is 19.8 Å². The van der Waals surface area contributed by atoms with Crippen LogP contribution in [0.2, 0.25) is 0 Å². The smallest absolute Gasteiger partial charge is 0.336 e. The van der Waals surface area contributed by atoms with Crippen molar-refractivity contribution in [3.05, 3.63) is 65.7 Å². The van der Waals surface area contributed by atoms with Crippen LogP contribution >= 0.6 is 0 Å². The highest BCUT2D eigenvalue weighted by atomic mass is 16.5. The van der Waals surface area contributed by atoms with Crippen molar-refractivity contribution in [3.8, 4) is 5.75 Å². The Morgan fingerprint density at radius 3 is 2.47 bits per heavy atom. The summed E-state index contributed by atoms with van der Waals surface area (Å²) >= 11 is 0. The van der Waals surface area contributed by atoms with Gasteiger partial charge >= 0.3 is 5.97 Å². The van der Waals surface area contributed by atoms with E-state index in [4.69, 9.17) is 9.47 Å². The SMILES string of the molecule is C[C@H](NC(=O)C1(CCCOc2ccccc2)CCOCC1)c1ccccc1C(=O)O. The Kier molecular flexibility index (Phi) is 7.46. The lowest BCUT2D eigenvalue weighted by Gasteiger charge is -2.37. The molecule has 1 atom stereocenters. The number of amides is 1. The molecule has 6 heteroatoms. The molecule has 2 N–H and O–H groups in total. The second kappa shape index (κ2) is 10.3. The summed E-state index contributed by atoms with van der Waals surface area (Å²) in [5.41, 5.74) is 0.292. The third kappa shape index (κ3) is 5.39. The average Bonchev–Trinajstić information content (AvgIpc) is 2.78. The molecule has 1 aliphatic rings. The first-order chi connectivity index (χ1) is 14.5. The second-order valence-corrected chi connectivity index (χ2v) is 7.75. The van der Waals surface area contributed by atoms with Crippen molar-refractivity contribution in [3.63, 3.8) is 0 Å². The zero-order chi connectivity index (χ0) is 21.4. The van der Waals surface area contributed by atoms with Gasteiger partial charge in [0.25, 0.3) is 0 Å². The molecule has 1 fully saturated rings. The normalized spacial score (nSPS) is 16.4. The van der Waals surface area contributed by atoms with Crippen molar-refractivity contribution >= 4 is 11.9 Å². The molecule has 1 aliphatic heterocycles. The lowest BCUT2D eigenvalue weighted by molar-refractivity contribution is -0.138. The van der Waals surface area contributed by atoms with E-state index >= 15 is 0 Å². The molecule has 1 heterocycles. The number of aromatic carboxylic acids is 1. The minimum Gasteiger partial charge on any atom is -0.494 e. The molecular weight excluding hydrogens is 382 g/mol. The number of hydrogen-bond acceptors (Lipinski definition) is 4. The maximum absolute atomic E-state index is 13.3. The van der Waals surface area contributed by atoms with Gasteiger partial charge in [0.05, 0.1) is 23.6 Å². The average molecular weight is 411 g/mol. The van der Waals surface area contributed by atoms with E-state index in [1.54, 1.807) is 24.3 Å². The first kappa shape index (κ1) is 21.8. The zero-order valence-corrected chi connectivity index (χ0v) is 17.3. The number of hydrogen-bond donors (Lipinski definition) is 2. The summed E-state index contributed by atoms with van der Waals surface area (Å²) in [6.07, 6.45) is 2.75. The van der Waals surface area contributed by atoms with Crippen LogP contribution in [-0.4, -0.2) is 36.8 Å². The second-order valence-electron chi connectivity index (χ2n) is 7.75. The fourth-order valence-corrected chi connectivity index (χ4v) is 3.97. The van der Waals surface area contributed by atoms with Gasteiger partial charge in [-0.2, -0.15) is 0 Å². The van der Waals surface area contributed by atoms with Crippen molar-refractivity contribution in [2.45, 2.75) is 38.6 Å². The van der Waals surface area contributed by atoms with Crippen LogP contribution in [-0.2, 0) is 9.53 Å². The first-order valence-electron chi connectivity index (χ1n) is 10.4. The molecule has 0 aromatic heterocycles. The van der Waals surface area contributed by atoms with E-state index in [-0.39, 0.29) is 11.5 Å². The van der Waals surface area contributed by atoms with Crippen LogP contribution < -0.4 is 10.1 Å². The van der Waals surface area contributed by atoms with Gasteiger partial charge < -0.3 is 19.9 Å². The molecular formula is C24H29NO5. The molecule has 0 saturated carbocycles. The molecule has 0 bridgehead atoms. The Bertz CT molecular complexity index is 846. The van der Waals surface area contributed by atoms with Gasteiger partial charge in [-0.1, -0.05) is 36.4 Å². The number of ether oxygens (including phenoxy) is 2. The van der Waals surface area contributed by atoms with Crippen LogP contribution in [0.1, 0.15) is 54.6 Å². The summed E-state index contributed by atoms with van der Waals surface area (Å²) in [4.78, 5) is 24.8. The topological polar surface area (TPSA) is 84.9 Å². The molecule has 1 amide bonds. The Morgan fingerprint density at radius 1 is 1.10 bits per heavy atom. The van der Waals surface area contributed by atoms with E-state index in [0.717, 1.165) is 12.2 Å². The monoisotopic (exact) mass is 411 g/mol. The van der Waals surface area contributed by atoms with Gasteiger partial charge in [0.15, 0.2) is 0 Å². The molecule has 2 aromatic rings. The van der Waals surface area contributed by atoms with Crippen molar-refractivity contribution in [1.29, 1.82) is 0 Å². The minimum absolute atomic E-state index is 0.0433. The molecule has 6 nitrogen and oxygen atoms in total. The van der Waals surface area contributed by atoms with Crippen LogP contribution in [0.3, 0.4) is 0 Å². The number of benzene rings is 2. The molecule has 3 rings (SSSR count). The van der Waals surface area contributed by atoms with Crippen molar-refractivity contribution in [2.24, 2.45) is 5.41 Å². The van der Waals surface area contributed by atoms with E-state index in [2.05, 4.69) is 5.32 Å². The summed E-state index contributed by atoms with van der Waals surface area (Å²) in [5.74, 6) is -0.217. The Morgan fingerprint density at radius 2 is 1.77 bits per heavy atom. The van der Waals surface area contributed by atoms with E-state index < -0.39 is 17.4 Å². The van der Waals surface area contributed by atoms with Gasteiger partial charge in [-0.25, -0.2) is 4.79 Å². The van der Waals surface area contributed by atoms with E-state index in [1.807, 2.05) is 37.3 Å². The lowest BCUT2D eigenvalue weighted by Crippen LogP contribution is -2.45. The molecule has 0 spiro atoms. The number of para-hydroxylation sites is 1. The van der Waals surface area contributed by atoms with Gasteiger partial charge in [0.2, 0.25) is 5.91 Å². The summed E-state index contributed by atoms with van der Waals surface area (Å²) < 4.78 is 11.3. The number of carboxylic acid groups (broad SMARTS) is 1. The van der Waals surface area contributed by atoms with E-state index in [9.17, 15) is 14.7 Å². The van der Waals surface area contributed by atoms with Crippen LogP contribution in [0.25, 0.3) is 0 Å².